The molecule has 0 aliphatic carbocycles. The van der Waals surface area contributed by atoms with Gasteiger partial charge in [0, 0.05) is 43.3 Å². The highest BCUT2D eigenvalue weighted by Gasteiger charge is 2.29. The fourth-order valence-electron chi connectivity index (χ4n) is 4.08. The minimum absolute atomic E-state index is 0.0663. The van der Waals surface area contributed by atoms with Crippen molar-refractivity contribution in [2.24, 2.45) is 0 Å². The van der Waals surface area contributed by atoms with E-state index in [1.54, 1.807) is 11.3 Å². The molecule has 29 heavy (non-hydrogen) atoms. The Morgan fingerprint density at radius 1 is 1.07 bits per heavy atom. The molecule has 1 aromatic carbocycles. The third-order valence-corrected chi connectivity index (χ3v) is 6.77. The van der Waals surface area contributed by atoms with Crippen LogP contribution in [0, 0.1) is 0 Å². The maximum atomic E-state index is 12.8. The third kappa shape index (κ3) is 4.69. The van der Waals surface area contributed by atoms with Crippen LogP contribution < -0.4 is 10.2 Å². The number of rotatable bonds is 6. The molecule has 0 saturated carbocycles. The standard InChI is InChI=1S/C22H28N4O2S/c1-17(22(28)23-15-19-6-4-14-29-19)25-12-10-24(11-13-25)16-21(27)26-9-8-18-5-2-3-7-20(18)26/h2-7,14,17H,8-13,15-16H2,1H3,(H,23,28). The molecule has 2 aromatic rings. The van der Waals surface area contributed by atoms with Crippen molar-refractivity contribution in [1.29, 1.82) is 0 Å². The fraction of sp³-hybridized carbons (Fsp3) is 0.455. The van der Waals surface area contributed by atoms with E-state index in [1.165, 1.54) is 5.56 Å². The predicted molar refractivity (Wildman–Crippen MR) is 116 cm³/mol. The van der Waals surface area contributed by atoms with Crippen molar-refractivity contribution in [3.8, 4) is 0 Å². The number of fused-ring (bicyclic) bond motifs is 1. The molecule has 0 radical (unpaired) electrons. The minimum Gasteiger partial charge on any atom is -0.350 e. The number of nitrogens with zero attached hydrogens (tertiary/aromatic N) is 3. The van der Waals surface area contributed by atoms with E-state index in [0.29, 0.717) is 13.1 Å². The van der Waals surface area contributed by atoms with Gasteiger partial charge < -0.3 is 10.2 Å². The van der Waals surface area contributed by atoms with Crippen LogP contribution in [0.3, 0.4) is 0 Å². The maximum absolute atomic E-state index is 12.8. The third-order valence-electron chi connectivity index (χ3n) is 5.90. The Labute approximate surface area is 176 Å². The van der Waals surface area contributed by atoms with Gasteiger partial charge in [-0.15, -0.1) is 11.3 Å². The second-order valence-electron chi connectivity index (χ2n) is 7.71. The number of carbonyl (C=O) groups is 2. The van der Waals surface area contributed by atoms with Crippen molar-refractivity contribution in [3.05, 3.63) is 52.2 Å². The van der Waals surface area contributed by atoms with Gasteiger partial charge in [-0.05, 0) is 36.4 Å². The zero-order valence-electron chi connectivity index (χ0n) is 16.8. The molecule has 1 aromatic heterocycles. The van der Waals surface area contributed by atoms with Crippen molar-refractivity contribution >= 4 is 28.8 Å². The monoisotopic (exact) mass is 412 g/mol. The summed E-state index contributed by atoms with van der Waals surface area (Å²) in [4.78, 5) is 32.8. The number of para-hydroxylation sites is 1. The summed E-state index contributed by atoms with van der Waals surface area (Å²) in [5.41, 5.74) is 2.32. The van der Waals surface area contributed by atoms with Crippen LogP contribution in [0.4, 0.5) is 5.69 Å². The second-order valence-corrected chi connectivity index (χ2v) is 8.74. The van der Waals surface area contributed by atoms with Crippen molar-refractivity contribution in [1.82, 2.24) is 15.1 Å². The Morgan fingerprint density at radius 2 is 1.86 bits per heavy atom. The fourth-order valence-corrected chi connectivity index (χ4v) is 4.73. The van der Waals surface area contributed by atoms with Crippen LogP contribution >= 0.6 is 11.3 Å². The summed E-state index contributed by atoms with van der Waals surface area (Å²) in [5.74, 6) is 0.238. The van der Waals surface area contributed by atoms with Crippen LogP contribution in [-0.2, 0) is 22.6 Å². The van der Waals surface area contributed by atoms with Gasteiger partial charge in [-0.25, -0.2) is 0 Å². The first-order valence-corrected chi connectivity index (χ1v) is 11.1. The molecule has 7 heteroatoms. The van der Waals surface area contributed by atoms with Gasteiger partial charge in [0.25, 0.3) is 0 Å². The molecule has 154 valence electrons. The van der Waals surface area contributed by atoms with E-state index in [9.17, 15) is 9.59 Å². The number of hydrogen-bond acceptors (Lipinski definition) is 5. The molecule has 1 N–H and O–H groups in total. The maximum Gasteiger partial charge on any atom is 0.241 e. The van der Waals surface area contributed by atoms with E-state index < -0.39 is 0 Å². The van der Waals surface area contributed by atoms with Crippen LogP contribution in [0.15, 0.2) is 41.8 Å². The van der Waals surface area contributed by atoms with Crippen molar-refractivity contribution < 1.29 is 9.59 Å². The molecule has 2 aliphatic heterocycles. The van der Waals surface area contributed by atoms with Crippen LogP contribution in [-0.4, -0.2) is 66.9 Å². The van der Waals surface area contributed by atoms with Crippen LogP contribution in [0.2, 0.25) is 0 Å². The van der Waals surface area contributed by atoms with Crippen LogP contribution in [0.25, 0.3) is 0 Å². The van der Waals surface area contributed by atoms with Gasteiger partial charge >= 0.3 is 0 Å². The Morgan fingerprint density at radius 3 is 2.62 bits per heavy atom. The lowest BCUT2D eigenvalue weighted by Crippen LogP contribution is -2.55. The number of thiophene rings is 1. The predicted octanol–water partition coefficient (Wildman–Crippen LogP) is 1.96. The summed E-state index contributed by atoms with van der Waals surface area (Å²) in [6.45, 7) is 7.00. The average Bonchev–Trinajstić information content (AvgIpc) is 3.42. The molecule has 6 nitrogen and oxygen atoms in total. The summed E-state index contributed by atoms with van der Waals surface area (Å²) in [6.07, 6.45) is 0.938. The van der Waals surface area contributed by atoms with Gasteiger partial charge in [0.2, 0.25) is 11.8 Å². The first-order chi connectivity index (χ1) is 14.1. The number of hydrogen-bond donors (Lipinski definition) is 1. The lowest BCUT2D eigenvalue weighted by atomic mass is 10.2. The summed E-state index contributed by atoms with van der Waals surface area (Å²) in [5, 5.41) is 5.05. The molecule has 0 bridgehead atoms. The van der Waals surface area contributed by atoms with Crippen LogP contribution in [0.5, 0.6) is 0 Å². The minimum atomic E-state index is -0.154. The van der Waals surface area contributed by atoms with Crippen molar-refractivity contribution in [3.63, 3.8) is 0 Å². The van der Waals surface area contributed by atoms with Gasteiger partial charge in [-0.1, -0.05) is 24.3 Å². The number of anilines is 1. The second kappa shape index (κ2) is 9.07. The molecular weight excluding hydrogens is 384 g/mol. The van der Waals surface area contributed by atoms with Crippen LogP contribution in [0.1, 0.15) is 17.4 Å². The highest BCUT2D eigenvalue weighted by molar-refractivity contribution is 7.09. The number of benzene rings is 1. The van der Waals surface area contributed by atoms with Crippen molar-refractivity contribution in [2.75, 3.05) is 44.2 Å². The number of piperazine rings is 1. The van der Waals surface area contributed by atoms with Gasteiger partial charge in [0.1, 0.15) is 0 Å². The lowest BCUT2D eigenvalue weighted by molar-refractivity contribution is -0.127. The van der Waals surface area contributed by atoms with E-state index in [0.717, 1.165) is 49.7 Å². The molecule has 1 atom stereocenters. The molecule has 1 unspecified atom stereocenters. The first kappa shape index (κ1) is 20.1. The normalized spacial score (nSPS) is 18.4. The Bertz CT molecular complexity index is 846. The quantitative estimate of drug-likeness (QED) is 0.788. The number of carbonyl (C=O) groups excluding carboxylic acids is 2. The molecular formula is C22H28N4O2S. The Balaban J connectivity index is 1.23. The van der Waals surface area contributed by atoms with E-state index in [2.05, 4.69) is 21.2 Å². The molecule has 0 spiro atoms. The molecule has 1 saturated heterocycles. The number of nitrogens with one attached hydrogen (secondary N) is 1. The van der Waals surface area contributed by atoms with E-state index in [4.69, 9.17) is 0 Å². The molecule has 4 rings (SSSR count). The largest absolute Gasteiger partial charge is 0.350 e. The highest BCUT2D eigenvalue weighted by atomic mass is 32.1. The van der Waals surface area contributed by atoms with E-state index in [1.807, 2.05) is 47.5 Å². The Kier molecular flexibility index (Phi) is 6.28. The topological polar surface area (TPSA) is 55.9 Å². The van der Waals surface area contributed by atoms with Crippen molar-refractivity contribution in [2.45, 2.75) is 25.9 Å². The van der Waals surface area contributed by atoms with Gasteiger partial charge in [-0.3, -0.25) is 19.4 Å². The number of amides is 2. The summed E-state index contributed by atoms with van der Waals surface area (Å²) >= 11 is 1.65. The lowest BCUT2D eigenvalue weighted by Gasteiger charge is -2.37. The SMILES string of the molecule is CC(C(=O)NCc1cccs1)N1CCN(CC(=O)N2CCc3ccccc32)CC1. The molecule has 1 fully saturated rings. The molecule has 2 amide bonds. The van der Waals surface area contributed by atoms with E-state index in [-0.39, 0.29) is 17.9 Å². The van der Waals surface area contributed by atoms with E-state index >= 15 is 0 Å². The molecule has 3 heterocycles. The Hall–Kier alpha value is -2.22. The first-order valence-electron chi connectivity index (χ1n) is 10.3. The zero-order chi connectivity index (χ0) is 20.2. The smallest absolute Gasteiger partial charge is 0.241 e. The zero-order valence-corrected chi connectivity index (χ0v) is 17.7. The van der Waals surface area contributed by atoms with Gasteiger partial charge in [0.05, 0.1) is 19.1 Å². The van der Waals surface area contributed by atoms with Gasteiger partial charge in [-0.2, -0.15) is 0 Å². The average molecular weight is 413 g/mol. The highest BCUT2D eigenvalue weighted by Crippen LogP contribution is 2.27. The summed E-state index contributed by atoms with van der Waals surface area (Å²) in [7, 11) is 0. The molecule has 2 aliphatic rings. The van der Waals surface area contributed by atoms with Gasteiger partial charge in [0.15, 0.2) is 0 Å². The summed E-state index contributed by atoms with van der Waals surface area (Å²) < 4.78 is 0. The summed E-state index contributed by atoms with van der Waals surface area (Å²) in [6, 6.07) is 12.0.